The molecule has 1 heterocycles. The molecule has 110 valence electrons. The zero-order valence-corrected chi connectivity index (χ0v) is 12.2. The van der Waals surface area contributed by atoms with Gasteiger partial charge in [0.2, 0.25) is 10.0 Å². The highest BCUT2D eigenvalue weighted by Crippen LogP contribution is 2.28. The summed E-state index contributed by atoms with van der Waals surface area (Å²) in [5.41, 5.74) is 0.694. The number of carboxylic acids is 1. The number of sulfonamides is 1. The zero-order valence-electron chi connectivity index (χ0n) is 11.4. The maximum Gasteiger partial charge on any atom is 0.322 e. The van der Waals surface area contributed by atoms with Gasteiger partial charge >= 0.3 is 5.97 Å². The van der Waals surface area contributed by atoms with Crippen LogP contribution in [0.1, 0.15) is 18.4 Å². The third kappa shape index (κ3) is 2.51. The molecule has 0 aromatic heterocycles. The Morgan fingerprint density at radius 3 is 2.70 bits per heavy atom. The van der Waals surface area contributed by atoms with E-state index in [2.05, 4.69) is 0 Å². The minimum Gasteiger partial charge on any atom is -0.496 e. The Morgan fingerprint density at radius 2 is 2.15 bits per heavy atom. The van der Waals surface area contributed by atoms with Gasteiger partial charge in [0, 0.05) is 6.54 Å². The van der Waals surface area contributed by atoms with E-state index in [0.29, 0.717) is 24.2 Å². The second kappa shape index (κ2) is 5.41. The SMILES string of the molecule is COc1ccc(S(=O)(=O)N2CCC[C@@H]2C(=O)O)cc1C. The molecule has 0 bridgehead atoms. The molecule has 1 N–H and O–H groups in total. The molecule has 2 rings (SSSR count). The highest BCUT2D eigenvalue weighted by molar-refractivity contribution is 7.89. The number of methoxy groups -OCH3 is 1. The van der Waals surface area contributed by atoms with Crippen LogP contribution in [0.2, 0.25) is 0 Å². The predicted octanol–water partition coefficient (Wildman–Crippen LogP) is 1.24. The Balaban J connectivity index is 2.40. The van der Waals surface area contributed by atoms with Crippen LogP contribution in [-0.2, 0) is 14.8 Å². The fourth-order valence-corrected chi connectivity index (χ4v) is 4.16. The van der Waals surface area contributed by atoms with E-state index in [-0.39, 0.29) is 11.4 Å². The Kier molecular flexibility index (Phi) is 4.01. The van der Waals surface area contributed by atoms with Gasteiger partial charge in [-0.25, -0.2) is 8.42 Å². The molecule has 1 aromatic rings. The van der Waals surface area contributed by atoms with Crippen molar-refractivity contribution in [2.75, 3.05) is 13.7 Å². The lowest BCUT2D eigenvalue weighted by atomic mass is 10.2. The summed E-state index contributed by atoms with van der Waals surface area (Å²) in [6.45, 7) is 1.99. The lowest BCUT2D eigenvalue weighted by Crippen LogP contribution is -2.40. The molecule has 0 unspecified atom stereocenters. The van der Waals surface area contributed by atoms with Crippen molar-refractivity contribution in [3.8, 4) is 5.75 Å². The Morgan fingerprint density at radius 1 is 1.45 bits per heavy atom. The smallest absolute Gasteiger partial charge is 0.322 e. The topological polar surface area (TPSA) is 83.9 Å². The third-order valence-electron chi connectivity index (χ3n) is 3.46. The summed E-state index contributed by atoms with van der Waals surface area (Å²) in [6.07, 6.45) is 0.912. The van der Waals surface area contributed by atoms with Crippen molar-refractivity contribution < 1.29 is 23.1 Å². The molecule has 0 saturated carbocycles. The normalized spacial score (nSPS) is 20.0. The maximum atomic E-state index is 12.5. The van der Waals surface area contributed by atoms with Crippen molar-refractivity contribution in [2.45, 2.75) is 30.7 Å². The van der Waals surface area contributed by atoms with Gasteiger partial charge in [0.05, 0.1) is 12.0 Å². The van der Waals surface area contributed by atoms with E-state index >= 15 is 0 Å². The van der Waals surface area contributed by atoms with Gasteiger partial charge in [0.15, 0.2) is 0 Å². The molecule has 20 heavy (non-hydrogen) atoms. The molecular formula is C13H17NO5S. The highest BCUT2D eigenvalue weighted by atomic mass is 32.2. The van der Waals surface area contributed by atoms with E-state index < -0.39 is 22.0 Å². The number of hydrogen-bond acceptors (Lipinski definition) is 4. The second-order valence-corrected chi connectivity index (χ2v) is 6.63. The summed E-state index contributed by atoms with van der Waals surface area (Å²) in [5, 5.41) is 9.10. The molecule has 7 heteroatoms. The Labute approximate surface area is 118 Å². The van der Waals surface area contributed by atoms with Gasteiger partial charge < -0.3 is 9.84 Å². The summed E-state index contributed by atoms with van der Waals surface area (Å²) in [5.74, 6) is -0.503. The summed E-state index contributed by atoms with van der Waals surface area (Å²) < 4.78 is 31.2. The van der Waals surface area contributed by atoms with Crippen molar-refractivity contribution in [1.82, 2.24) is 4.31 Å². The van der Waals surface area contributed by atoms with E-state index in [1.54, 1.807) is 13.0 Å². The predicted molar refractivity (Wildman–Crippen MR) is 72.3 cm³/mol. The first-order valence-electron chi connectivity index (χ1n) is 6.27. The quantitative estimate of drug-likeness (QED) is 0.904. The Hall–Kier alpha value is -1.60. The summed E-state index contributed by atoms with van der Waals surface area (Å²) in [4.78, 5) is 11.2. The lowest BCUT2D eigenvalue weighted by molar-refractivity contribution is -0.140. The molecule has 1 aromatic carbocycles. The molecule has 1 aliphatic heterocycles. The molecule has 1 saturated heterocycles. The van der Waals surface area contributed by atoms with Crippen molar-refractivity contribution >= 4 is 16.0 Å². The van der Waals surface area contributed by atoms with E-state index in [9.17, 15) is 13.2 Å². The summed E-state index contributed by atoms with van der Waals surface area (Å²) in [6, 6.07) is 3.56. The van der Waals surface area contributed by atoms with Crippen molar-refractivity contribution in [3.63, 3.8) is 0 Å². The first-order chi connectivity index (χ1) is 9.37. The van der Waals surface area contributed by atoms with Crippen molar-refractivity contribution in [1.29, 1.82) is 0 Å². The molecule has 1 atom stereocenters. The average Bonchev–Trinajstić information content (AvgIpc) is 2.88. The van der Waals surface area contributed by atoms with E-state index in [4.69, 9.17) is 9.84 Å². The average molecular weight is 299 g/mol. The number of carbonyl (C=O) groups is 1. The number of hydrogen-bond donors (Lipinski definition) is 1. The summed E-state index contributed by atoms with van der Waals surface area (Å²) in [7, 11) is -2.27. The van der Waals surface area contributed by atoms with Crippen LogP contribution in [0.3, 0.4) is 0 Å². The standard InChI is InChI=1S/C13H17NO5S/c1-9-8-10(5-6-12(9)19-2)20(17,18)14-7-3-4-11(14)13(15)16/h5-6,8,11H,3-4,7H2,1-2H3,(H,15,16)/t11-/m1/s1. The molecule has 0 spiro atoms. The fourth-order valence-electron chi connectivity index (χ4n) is 2.42. The van der Waals surface area contributed by atoms with Gasteiger partial charge in [-0.2, -0.15) is 4.31 Å². The summed E-state index contributed by atoms with van der Waals surface area (Å²) >= 11 is 0. The van der Waals surface area contributed by atoms with Gasteiger partial charge in [-0.3, -0.25) is 4.79 Å². The number of rotatable bonds is 4. The van der Waals surface area contributed by atoms with Crippen molar-refractivity contribution in [2.24, 2.45) is 0 Å². The largest absolute Gasteiger partial charge is 0.496 e. The number of carboxylic acid groups (broad SMARTS) is 1. The van der Waals surface area contributed by atoms with Gasteiger partial charge in [0.1, 0.15) is 11.8 Å². The second-order valence-electron chi connectivity index (χ2n) is 4.74. The maximum absolute atomic E-state index is 12.5. The van der Waals surface area contributed by atoms with Gasteiger partial charge in [-0.1, -0.05) is 0 Å². The molecule has 6 nitrogen and oxygen atoms in total. The van der Waals surface area contributed by atoms with E-state index in [1.807, 2.05) is 0 Å². The van der Waals surface area contributed by atoms with Crippen LogP contribution < -0.4 is 4.74 Å². The van der Waals surface area contributed by atoms with Crippen LogP contribution in [0.25, 0.3) is 0 Å². The van der Waals surface area contributed by atoms with Gasteiger partial charge in [-0.15, -0.1) is 0 Å². The van der Waals surface area contributed by atoms with Crippen LogP contribution in [-0.4, -0.2) is 43.5 Å². The number of benzene rings is 1. The number of aryl methyl sites for hydroxylation is 1. The monoisotopic (exact) mass is 299 g/mol. The van der Waals surface area contributed by atoms with Crippen LogP contribution in [0.15, 0.2) is 23.1 Å². The van der Waals surface area contributed by atoms with Gasteiger partial charge in [-0.05, 0) is 43.5 Å². The number of aliphatic carboxylic acids is 1. The minimum atomic E-state index is -3.78. The highest BCUT2D eigenvalue weighted by Gasteiger charge is 2.39. The number of ether oxygens (including phenoxy) is 1. The Bertz CT molecular complexity index is 626. The first kappa shape index (κ1) is 14.8. The minimum absolute atomic E-state index is 0.101. The van der Waals surface area contributed by atoms with Crippen molar-refractivity contribution in [3.05, 3.63) is 23.8 Å². The van der Waals surface area contributed by atoms with Gasteiger partial charge in [0.25, 0.3) is 0 Å². The van der Waals surface area contributed by atoms with Crippen LogP contribution in [0.4, 0.5) is 0 Å². The zero-order chi connectivity index (χ0) is 14.9. The van der Waals surface area contributed by atoms with Crippen LogP contribution in [0, 0.1) is 6.92 Å². The molecular weight excluding hydrogens is 282 g/mol. The third-order valence-corrected chi connectivity index (χ3v) is 5.37. The van der Waals surface area contributed by atoms with E-state index in [0.717, 1.165) is 4.31 Å². The molecule has 0 amide bonds. The molecule has 1 fully saturated rings. The first-order valence-corrected chi connectivity index (χ1v) is 7.71. The molecule has 0 aliphatic carbocycles. The lowest BCUT2D eigenvalue weighted by Gasteiger charge is -2.21. The van der Waals surface area contributed by atoms with E-state index in [1.165, 1.54) is 19.2 Å². The van der Waals surface area contributed by atoms with Crippen LogP contribution >= 0.6 is 0 Å². The molecule has 1 aliphatic rings. The van der Waals surface area contributed by atoms with Crippen LogP contribution in [0.5, 0.6) is 5.75 Å². The fraction of sp³-hybridized carbons (Fsp3) is 0.462. The molecule has 0 radical (unpaired) electrons. The number of nitrogens with zero attached hydrogens (tertiary/aromatic N) is 1.